The predicted octanol–water partition coefficient (Wildman–Crippen LogP) is 2.03. The lowest BCUT2D eigenvalue weighted by Crippen LogP contribution is -2.22. The summed E-state index contributed by atoms with van der Waals surface area (Å²) in [6.07, 6.45) is 1.48. The lowest BCUT2D eigenvalue weighted by molar-refractivity contribution is 0.285. The summed E-state index contributed by atoms with van der Waals surface area (Å²) < 4.78 is 20.7. The van der Waals surface area contributed by atoms with E-state index in [2.05, 4.69) is 15.4 Å². The Kier molecular flexibility index (Phi) is 4.68. The Morgan fingerprint density at radius 3 is 2.85 bits per heavy atom. The van der Waals surface area contributed by atoms with Crippen LogP contribution in [0.4, 0.5) is 4.39 Å². The van der Waals surface area contributed by atoms with Crippen LogP contribution in [0, 0.1) is 5.82 Å². The van der Waals surface area contributed by atoms with E-state index in [1.54, 1.807) is 17.8 Å². The van der Waals surface area contributed by atoms with Crippen LogP contribution < -0.4 is 10.1 Å². The van der Waals surface area contributed by atoms with Gasteiger partial charge in [-0.05, 0) is 18.2 Å². The summed E-state index contributed by atoms with van der Waals surface area (Å²) >= 11 is 0. The van der Waals surface area contributed by atoms with Gasteiger partial charge in [-0.15, -0.1) is 0 Å². The molecule has 108 valence electrons. The highest BCUT2D eigenvalue weighted by Gasteiger charge is 2.08. The fourth-order valence-corrected chi connectivity index (χ4v) is 1.73. The van der Waals surface area contributed by atoms with Gasteiger partial charge in [0.05, 0.1) is 0 Å². The summed E-state index contributed by atoms with van der Waals surface area (Å²) in [7, 11) is 1.80. The SMILES string of the molecule is CC(C)NCc1cc(F)ccc1OCc1ncnn1C. The van der Waals surface area contributed by atoms with E-state index >= 15 is 0 Å². The summed E-state index contributed by atoms with van der Waals surface area (Å²) in [5.41, 5.74) is 0.792. The Morgan fingerprint density at radius 1 is 1.40 bits per heavy atom. The van der Waals surface area contributed by atoms with E-state index in [1.807, 2.05) is 13.8 Å². The molecule has 1 heterocycles. The zero-order valence-corrected chi connectivity index (χ0v) is 11.9. The van der Waals surface area contributed by atoms with E-state index in [0.29, 0.717) is 24.9 Å². The average molecular weight is 278 g/mol. The molecule has 2 rings (SSSR count). The smallest absolute Gasteiger partial charge is 0.164 e. The van der Waals surface area contributed by atoms with Crippen molar-refractivity contribution in [3.8, 4) is 5.75 Å². The van der Waals surface area contributed by atoms with Crippen LogP contribution in [0.1, 0.15) is 25.2 Å². The monoisotopic (exact) mass is 278 g/mol. The number of nitrogens with zero attached hydrogens (tertiary/aromatic N) is 3. The third-order valence-corrected chi connectivity index (χ3v) is 2.89. The minimum atomic E-state index is -0.267. The van der Waals surface area contributed by atoms with E-state index in [4.69, 9.17) is 4.74 Å². The molecule has 0 saturated heterocycles. The number of nitrogens with one attached hydrogen (secondary N) is 1. The number of hydrogen-bond acceptors (Lipinski definition) is 4. The van der Waals surface area contributed by atoms with Crippen LogP contribution in [-0.2, 0) is 20.2 Å². The molecule has 0 atom stereocenters. The van der Waals surface area contributed by atoms with Gasteiger partial charge in [0.2, 0.25) is 0 Å². The minimum absolute atomic E-state index is 0.267. The van der Waals surface area contributed by atoms with E-state index in [9.17, 15) is 4.39 Å². The molecule has 1 N–H and O–H groups in total. The molecule has 0 radical (unpaired) electrons. The third-order valence-electron chi connectivity index (χ3n) is 2.89. The lowest BCUT2D eigenvalue weighted by atomic mass is 10.2. The van der Waals surface area contributed by atoms with Crippen LogP contribution in [0.3, 0.4) is 0 Å². The molecule has 0 saturated carbocycles. The number of benzene rings is 1. The van der Waals surface area contributed by atoms with Gasteiger partial charge in [0.1, 0.15) is 24.5 Å². The Hall–Kier alpha value is -1.95. The molecule has 0 aliphatic rings. The van der Waals surface area contributed by atoms with E-state index in [1.165, 1.54) is 18.5 Å². The second-order valence-electron chi connectivity index (χ2n) is 4.88. The van der Waals surface area contributed by atoms with Crippen LogP contribution in [0.15, 0.2) is 24.5 Å². The molecule has 0 fully saturated rings. The third kappa shape index (κ3) is 3.77. The molecule has 1 aromatic carbocycles. The summed E-state index contributed by atoms with van der Waals surface area (Å²) in [6.45, 7) is 4.94. The molecule has 0 aliphatic carbocycles. The molecule has 0 spiro atoms. The van der Waals surface area contributed by atoms with E-state index in [0.717, 1.165) is 11.4 Å². The summed E-state index contributed by atoms with van der Waals surface area (Å²) in [6, 6.07) is 4.85. The summed E-state index contributed by atoms with van der Waals surface area (Å²) in [5.74, 6) is 1.11. The first kappa shape index (κ1) is 14.5. The second-order valence-corrected chi connectivity index (χ2v) is 4.88. The standard InChI is InChI=1S/C14H19FN4O/c1-10(2)16-7-11-6-12(15)4-5-13(11)20-8-14-17-9-18-19(14)3/h4-6,9-10,16H,7-8H2,1-3H3. The van der Waals surface area contributed by atoms with Crippen LogP contribution in [0.5, 0.6) is 5.75 Å². The predicted molar refractivity (Wildman–Crippen MR) is 73.7 cm³/mol. The molecule has 0 aliphatic heterocycles. The van der Waals surface area contributed by atoms with Crippen molar-refractivity contribution in [3.63, 3.8) is 0 Å². The first-order chi connectivity index (χ1) is 9.56. The molecule has 0 bridgehead atoms. The van der Waals surface area contributed by atoms with Crippen molar-refractivity contribution >= 4 is 0 Å². The molecular formula is C14H19FN4O. The lowest BCUT2D eigenvalue weighted by Gasteiger charge is -2.13. The minimum Gasteiger partial charge on any atom is -0.485 e. The molecule has 0 amide bonds. The largest absolute Gasteiger partial charge is 0.485 e. The van der Waals surface area contributed by atoms with Gasteiger partial charge in [-0.2, -0.15) is 5.10 Å². The van der Waals surface area contributed by atoms with E-state index < -0.39 is 0 Å². The van der Waals surface area contributed by atoms with Gasteiger partial charge in [0.15, 0.2) is 5.82 Å². The normalized spacial score (nSPS) is 11.1. The number of halogens is 1. The Labute approximate surface area is 117 Å². The van der Waals surface area contributed by atoms with Gasteiger partial charge < -0.3 is 10.1 Å². The van der Waals surface area contributed by atoms with Crippen molar-refractivity contribution in [1.82, 2.24) is 20.1 Å². The van der Waals surface area contributed by atoms with Crippen LogP contribution in [0.2, 0.25) is 0 Å². The molecule has 6 heteroatoms. The molecule has 0 unspecified atom stereocenters. The number of hydrogen-bond donors (Lipinski definition) is 1. The van der Waals surface area contributed by atoms with Crippen molar-refractivity contribution < 1.29 is 9.13 Å². The zero-order chi connectivity index (χ0) is 14.5. The molecular weight excluding hydrogens is 259 g/mol. The van der Waals surface area contributed by atoms with Gasteiger partial charge in [-0.1, -0.05) is 13.8 Å². The van der Waals surface area contributed by atoms with Crippen LogP contribution >= 0.6 is 0 Å². The number of aryl methyl sites for hydroxylation is 1. The molecule has 2 aromatic rings. The Balaban J connectivity index is 2.08. The maximum absolute atomic E-state index is 13.3. The van der Waals surface area contributed by atoms with Crippen molar-refractivity contribution in [2.75, 3.05) is 0 Å². The first-order valence-corrected chi connectivity index (χ1v) is 6.53. The van der Waals surface area contributed by atoms with Crippen LogP contribution in [0.25, 0.3) is 0 Å². The Morgan fingerprint density at radius 2 is 2.20 bits per heavy atom. The van der Waals surface area contributed by atoms with Gasteiger partial charge in [-0.3, -0.25) is 4.68 Å². The molecule has 20 heavy (non-hydrogen) atoms. The fraction of sp³-hybridized carbons (Fsp3) is 0.429. The van der Waals surface area contributed by atoms with Crippen molar-refractivity contribution in [2.45, 2.75) is 33.0 Å². The molecule has 1 aromatic heterocycles. The highest BCUT2D eigenvalue weighted by molar-refractivity contribution is 5.34. The zero-order valence-electron chi connectivity index (χ0n) is 11.9. The van der Waals surface area contributed by atoms with E-state index in [-0.39, 0.29) is 5.82 Å². The number of rotatable bonds is 6. The second kappa shape index (κ2) is 6.47. The van der Waals surface area contributed by atoms with Crippen molar-refractivity contribution in [3.05, 3.63) is 41.7 Å². The Bertz CT molecular complexity index is 568. The maximum Gasteiger partial charge on any atom is 0.164 e. The van der Waals surface area contributed by atoms with Gasteiger partial charge in [-0.25, -0.2) is 9.37 Å². The van der Waals surface area contributed by atoms with Gasteiger partial charge >= 0.3 is 0 Å². The average Bonchev–Trinajstić information content (AvgIpc) is 2.81. The van der Waals surface area contributed by atoms with Crippen LogP contribution in [-0.4, -0.2) is 20.8 Å². The fourth-order valence-electron chi connectivity index (χ4n) is 1.73. The summed E-state index contributed by atoms with van der Waals surface area (Å²) in [5, 5.41) is 7.23. The number of aromatic nitrogens is 3. The van der Waals surface area contributed by atoms with Crippen molar-refractivity contribution in [2.24, 2.45) is 7.05 Å². The highest BCUT2D eigenvalue weighted by Crippen LogP contribution is 2.20. The topological polar surface area (TPSA) is 52.0 Å². The highest BCUT2D eigenvalue weighted by atomic mass is 19.1. The first-order valence-electron chi connectivity index (χ1n) is 6.53. The quantitative estimate of drug-likeness (QED) is 0.878. The number of ether oxygens (including phenoxy) is 1. The maximum atomic E-state index is 13.3. The van der Waals surface area contributed by atoms with Gasteiger partial charge in [0.25, 0.3) is 0 Å². The van der Waals surface area contributed by atoms with Crippen molar-refractivity contribution in [1.29, 1.82) is 0 Å². The molecule has 5 nitrogen and oxygen atoms in total. The summed E-state index contributed by atoms with van der Waals surface area (Å²) in [4.78, 5) is 4.09. The van der Waals surface area contributed by atoms with Gasteiger partial charge in [0, 0.05) is 25.2 Å².